The first-order valence-electron chi connectivity index (χ1n) is 5.87. The van der Waals surface area contributed by atoms with Gasteiger partial charge in [0.2, 0.25) is 0 Å². The van der Waals surface area contributed by atoms with Crippen molar-refractivity contribution in [2.75, 3.05) is 5.32 Å². The smallest absolute Gasteiger partial charge is 0.387 e. The quantitative estimate of drug-likeness (QED) is 0.802. The van der Waals surface area contributed by atoms with Crippen LogP contribution in [0.4, 0.5) is 20.2 Å². The van der Waals surface area contributed by atoms with Gasteiger partial charge < -0.3 is 15.8 Å². The maximum absolute atomic E-state index is 12.0. The Balaban J connectivity index is 2.13. The number of halogens is 3. The zero-order valence-corrected chi connectivity index (χ0v) is 12.2. The third-order valence-electron chi connectivity index (χ3n) is 2.61. The van der Waals surface area contributed by atoms with Crippen molar-refractivity contribution in [3.63, 3.8) is 0 Å². The average molecular weight is 329 g/mol. The molecule has 110 valence electrons. The Kier molecular flexibility index (Phi) is 4.93. The molecule has 3 nitrogen and oxygen atoms in total. The first-order valence-corrected chi connectivity index (χ1v) is 6.65. The molecule has 0 aliphatic heterocycles. The van der Waals surface area contributed by atoms with Gasteiger partial charge in [-0.05, 0) is 42.5 Å². The van der Waals surface area contributed by atoms with Crippen molar-refractivity contribution < 1.29 is 13.5 Å². The topological polar surface area (TPSA) is 47.3 Å². The first kappa shape index (κ1) is 15.5. The number of nitrogens with two attached hydrogens (primary N) is 1. The van der Waals surface area contributed by atoms with E-state index in [2.05, 4.69) is 10.1 Å². The molecule has 0 spiro atoms. The van der Waals surface area contributed by atoms with Crippen LogP contribution in [0.15, 0.2) is 42.5 Å². The van der Waals surface area contributed by atoms with Crippen LogP contribution in [0, 0.1) is 0 Å². The highest BCUT2D eigenvalue weighted by Crippen LogP contribution is 2.27. The summed E-state index contributed by atoms with van der Waals surface area (Å²) in [6, 6.07) is 11.2. The molecule has 2 aromatic rings. The number of hydrogen-bond acceptors (Lipinski definition) is 3. The predicted octanol–water partition coefficient (Wildman–Crippen LogP) is 4.32. The monoisotopic (exact) mass is 328 g/mol. The molecular weight excluding hydrogens is 318 g/mol. The SMILES string of the molecule is NC(=S)c1ccc(Nc2ccc(OC(F)F)cc2)c(Cl)c1. The number of anilines is 2. The summed E-state index contributed by atoms with van der Waals surface area (Å²) in [6.07, 6.45) is 0. The Bertz CT molecular complexity index is 650. The molecule has 0 bridgehead atoms. The molecule has 0 aliphatic rings. The molecular formula is C14H11ClF2N2OS. The van der Waals surface area contributed by atoms with E-state index >= 15 is 0 Å². The largest absolute Gasteiger partial charge is 0.435 e. The van der Waals surface area contributed by atoms with Gasteiger partial charge in [-0.2, -0.15) is 8.78 Å². The standard InChI is InChI=1S/C14H11ClF2N2OS/c15-11-7-8(13(18)21)1-6-12(11)19-9-2-4-10(5-3-9)20-14(16)17/h1-7,14,19H,(H2,18,21). The predicted molar refractivity (Wildman–Crippen MR) is 83.7 cm³/mol. The third-order valence-corrected chi connectivity index (χ3v) is 3.16. The summed E-state index contributed by atoms with van der Waals surface area (Å²) in [6.45, 7) is -2.84. The van der Waals surface area contributed by atoms with Crippen LogP contribution >= 0.6 is 23.8 Å². The fraction of sp³-hybridized carbons (Fsp3) is 0.0714. The normalized spacial score (nSPS) is 10.5. The van der Waals surface area contributed by atoms with Crippen LogP contribution in [0.25, 0.3) is 0 Å². The minimum Gasteiger partial charge on any atom is -0.435 e. The van der Waals surface area contributed by atoms with E-state index in [0.29, 0.717) is 22.0 Å². The Labute approximate surface area is 130 Å². The fourth-order valence-electron chi connectivity index (χ4n) is 1.64. The number of thiocarbonyl (C=S) groups is 1. The van der Waals surface area contributed by atoms with Crippen LogP contribution in [-0.4, -0.2) is 11.6 Å². The second-order valence-corrected chi connectivity index (χ2v) is 4.93. The van der Waals surface area contributed by atoms with Crippen LogP contribution in [0.5, 0.6) is 5.75 Å². The highest BCUT2D eigenvalue weighted by molar-refractivity contribution is 7.80. The molecule has 0 fully saturated rings. The van der Waals surface area contributed by atoms with Crippen LogP contribution in [0.3, 0.4) is 0 Å². The summed E-state index contributed by atoms with van der Waals surface area (Å²) in [5.74, 6) is 0.0884. The molecule has 0 amide bonds. The third kappa shape index (κ3) is 4.27. The van der Waals surface area contributed by atoms with Gasteiger partial charge in [0.25, 0.3) is 0 Å². The van der Waals surface area contributed by atoms with E-state index in [1.165, 1.54) is 12.1 Å². The Morgan fingerprint density at radius 2 is 1.86 bits per heavy atom. The lowest BCUT2D eigenvalue weighted by molar-refractivity contribution is -0.0498. The van der Waals surface area contributed by atoms with E-state index in [0.717, 1.165) is 0 Å². The molecule has 0 aliphatic carbocycles. The second kappa shape index (κ2) is 6.69. The molecule has 0 heterocycles. The molecule has 2 rings (SSSR count). The molecule has 0 saturated heterocycles. The van der Waals surface area contributed by atoms with Gasteiger partial charge in [0, 0.05) is 11.3 Å². The summed E-state index contributed by atoms with van der Waals surface area (Å²) in [5.41, 5.74) is 7.52. The number of benzene rings is 2. The Morgan fingerprint density at radius 1 is 1.19 bits per heavy atom. The molecule has 3 N–H and O–H groups in total. The average Bonchev–Trinajstić information content (AvgIpc) is 2.42. The minimum atomic E-state index is -2.84. The van der Waals surface area contributed by atoms with Crippen LogP contribution in [0.2, 0.25) is 5.02 Å². The van der Waals surface area contributed by atoms with E-state index in [4.69, 9.17) is 29.6 Å². The van der Waals surface area contributed by atoms with Crippen LogP contribution in [-0.2, 0) is 0 Å². The van der Waals surface area contributed by atoms with E-state index in [9.17, 15) is 8.78 Å². The second-order valence-electron chi connectivity index (χ2n) is 4.09. The van der Waals surface area contributed by atoms with E-state index < -0.39 is 6.61 Å². The number of ether oxygens (including phenoxy) is 1. The molecule has 2 aromatic carbocycles. The molecule has 0 atom stereocenters. The molecule has 0 saturated carbocycles. The highest BCUT2D eigenvalue weighted by Gasteiger charge is 2.06. The fourth-order valence-corrected chi connectivity index (χ4v) is 2.00. The maximum Gasteiger partial charge on any atom is 0.387 e. The van der Waals surface area contributed by atoms with E-state index in [-0.39, 0.29) is 10.7 Å². The Hall–Kier alpha value is -1.92. The summed E-state index contributed by atoms with van der Waals surface area (Å²) in [7, 11) is 0. The number of hydrogen-bond donors (Lipinski definition) is 2. The van der Waals surface area contributed by atoms with Crippen molar-refractivity contribution in [2.24, 2.45) is 5.73 Å². The van der Waals surface area contributed by atoms with Gasteiger partial charge in [-0.3, -0.25) is 0 Å². The van der Waals surface area contributed by atoms with Crippen molar-refractivity contribution in [1.29, 1.82) is 0 Å². The highest BCUT2D eigenvalue weighted by atomic mass is 35.5. The molecule has 0 unspecified atom stereocenters. The van der Waals surface area contributed by atoms with Crippen molar-refractivity contribution >= 4 is 40.2 Å². The molecule has 0 aromatic heterocycles. The van der Waals surface area contributed by atoms with Gasteiger partial charge in [-0.1, -0.05) is 23.8 Å². The maximum atomic E-state index is 12.0. The van der Waals surface area contributed by atoms with Gasteiger partial charge in [0.1, 0.15) is 10.7 Å². The van der Waals surface area contributed by atoms with E-state index in [1.54, 1.807) is 30.3 Å². The zero-order valence-electron chi connectivity index (χ0n) is 10.6. The van der Waals surface area contributed by atoms with Crippen LogP contribution < -0.4 is 15.8 Å². The van der Waals surface area contributed by atoms with Crippen molar-refractivity contribution in [3.8, 4) is 5.75 Å². The molecule has 0 radical (unpaired) electrons. The van der Waals surface area contributed by atoms with E-state index in [1.807, 2.05) is 0 Å². The molecule has 7 heteroatoms. The molecule has 21 heavy (non-hydrogen) atoms. The zero-order chi connectivity index (χ0) is 15.4. The number of nitrogens with one attached hydrogen (secondary N) is 1. The van der Waals surface area contributed by atoms with Crippen molar-refractivity contribution in [3.05, 3.63) is 53.1 Å². The number of rotatable bonds is 5. The first-order chi connectivity index (χ1) is 9.95. The lowest BCUT2D eigenvalue weighted by atomic mass is 10.2. The summed E-state index contributed by atoms with van der Waals surface area (Å²) >= 11 is 11.0. The van der Waals surface area contributed by atoms with Gasteiger partial charge in [-0.25, -0.2) is 0 Å². The van der Waals surface area contributed by atoms with Crippen molar-refractivity contribution in [2.45, 2.75) is 6.61 Å². The van der Waals surface area contributed by atoms with Crippen molar-refractivity contribution in [1.82, 2.24) is 0 Å². The lowest BCUT2D eigenvalue weighted by Gasteiger charge is -2.10. The summed E-state index contributed by atoms with van der Waals surface area (Å²) in [4.78, 5) is 0.261. The minimum absolute atomic E-state index is 0.0884. The number of alkyl halides is 2. The van der Waals surface area contributed by atoms with Gasteiger partial charge in [0.15, 0.2) is 0 Å². The Morgan fingerprint density at radius 3 is 2.38 bits per heavy atom. The summed E-state index contributed by atoms with van der Waals surface area (Å²) < 4.78 is 28.4. The van der Waals surface area contributed by atoms with Crippen LogP contribution in [0.1, 0.15) is 5.56 Å². The summed E-state index contributed by atoms with van der Waals surface area (Å²) in [5, 5.41) is 3.51. The van der Waals surface area contributed by atoms with Gasteiger partial charge in [0.05, 0.1) is 10.7 Å². The van der Waals surface area contributed by atoms with Gasteiger partial charge in [-0.15, -0.1) is 0 Å². The lowest BCUT2D eigenvalue weighted by Crippen LogP contribution is -2.09. The van der Waals surface area contributed by atoms with Gasteiger partial charge >= 0.3 is 6.61 Å².